The van der Waals surface area contributed by atoms with Crippen molar-refractivity contribution < 1.29 is 5.11 Å². The molecule has 0 bridgehead atoms. The average molecular weight is 259 g/mol. The highest BCUT2D eigenvalue weighted by atomic mass is 16.3. The van der Waals surface area contributed by atoms with Gasteiger partial charge >= 0.3 is 0 Å². The van der Waals surface area contributed by atoms with Gasteiger partial charge in [0.25, 0.3) is 0 Å². The number of hydrogen-bond donors (Lipinski definition) is 1. The van der Waals surface area contributed by atoms with Crippen LogP contribution in [-0.4, -0.2) is 45.7 Å². The summed E-state index contributed by atoms with van der Waals surface area (Å²) >= 11 is 0. The van der Waals surface area contributed by atoms with E-state index in [0.717, 1.165) is 43.9 Å². The fraction of sp³-hybridized carbons (Fsp3) is 0.600. The molecule has 1 N–H and O–H groups in total. The van der Waals surface area contributed by atoms with Crippen molar-refractivity contribution in [1.29, 1.82) is 0 Å². The van der Waals surface area contributed by atoms with E-state index >= 15 is 0 Å². The average Bonchev–Trinajstić information content (AvgIpc) is 2.95. The van der Waals surface area contributed by atoms with Crippen molar-refractivity contribution in [3.05, 3.63) is 29.4 Å². The first-order valence-corrected chi connectivity index (χ1v) is 7.09. The zero-order valence-corrected chi connectivity index (χ0v) is 11.6. The molecular formula is C15H21N3O. The normalized spacial score (nSPS) is 26.6. The molecule has 1 saturated heterocycles. The van der Waals surface area contributed by atoms with E-state index in [1.54, 1.807) is 6.33 Å². The van der Waals surface area contributed by atoms with Gasteiger partial charge < -0.3 is 5.11 Å². The lowest BCUT2D eigenvalue weighted by atomic mass is 10.0. The molecule has 0 aromatic carbocycles. The summed E-state index contributed by atoms with van der Waals surface area (Å²) in [6.07, 6.45) is 5.75. The van der Waals surface area contributed by atoms with Gasteiger partial charge in [-0.15, -0.1) is 0 Å². The predicted molar refractivity (Wildman–Crippen MR) is 74.7 cm³/mol. The van der Waals surface area contributed by atoms with Gasteiger partial charge in [0.05, 0.1) is 11.8 Å². The summed E-state index contributed by atoms with van der Waals surface area (Å²) in [4.78, 5) is 11.0. The van der Waals surface area contributed by atoms with Crippen LogP contribution in [0.1, 0.15) is 30.3 Å². The van der Waals surface area contributed by atoms with E-state index in [1.165, 1.54) is 11.1 Å². The molecule has 2 aliphatic rings. The number of aliphatic hydroxyl groups excluding tert-OH is 1. The second-order valence-electron chi connectivity index (χ2n) is 5.65. The number of rotatable bonds is 3. The van der Waals surface area contributed by atoms with E-state index in [2.05, 4.69) is 27.9 Å². The molecule has 2 heterocycles. The maximum Gasteiger partial charge on any atom is 0.116 e. The third-order valence-corrected chi connectivity index (χ3v) is 4.42. The highest BCUT2D eigenvalue weighted by Crippen LogP contribution is 2.29. The third kappa shape index (κ3) is 2.30. The van der Waals surface area contributed by atoms with Crippen LogP contribution in [0.4, 0.5) is 0 Å². The first kappa shape index (κ1) is 12.8. The van der Waals surface area contributed by atoms with Gasteiger partial charge in [0, 0.05) is 30.9 Å². The SMILES string of the molecule is CC[C@H]1CN(CC2=CCc3c(C)ncnc32)C[C@@H]1O. The van der Waals surface area contributed by atoms with Gasteiger partial charge in [-0.2, -0.15) is 0 Å². The third-order valence-electron chi connectivity index (χ3n) is 4.42. The number of aromatic nitrogens is 2. The van der Waals surface area contributed by atoms with Gasteiger partial charge in [0.15, 0.2) is 0 Å². The number of likely N-dealkylation sites (tertiary alicyclic amines) is 1. The Morgan fingerprint density at radius 1 is 1.37 bits per heavy atom. The van der Waals surface area contributed by atoms with Gasteiger partial charge in [0.2, 0.25) is 0 Å². The van der Waals surface area contributed by atoms with Crippen LogP contribution in [-0.2, 0) is 6.42 Å². The molecule has 1 aromatic heterocycles. The molecule has 1 fully saturated rings. The topological polar surface area (TPSA) is 49.2 Å². The summed E-state index contributed by atoms with van der Waals surface area (Å²) in [7, 11) is 0. The van der Waals surface area contributed by atoms with Crippen LogP contribution in [0, 0.1) is 12.8 Å². The zero-order chi connectivity index (χ0) is 13.4. The van der Waals surface area contributed by atoms with Crippen LogP contribution in [0.15, 0.2) is 12.4 Å². The Bertz CT molecular complexity index is 512. The first-order chi connectivity index (χ1) is 9.19. The van der Waals surface area contributed by atoms with Crippen LogP contribution < -0.4 is 0 Å². The number of allylic oxidation sites excluding steroid dienone is 1. The van der Waals surface area contributed by atoms with E-state index < -0.39 is 0 Å². The molecule has 0 amide bonds. The summed E-state index contributed by atoms with van der Waals surface area (Å²) in [5, 5.41) is 9.99. The molecule has 0 saturated carbocycles. The van der Waals surface area contributed by atoms with Crippen molar-refractivity contribution in [2.24, 2.45) is 5.92 Å². The van der Waals surface area contributed by atoms with Gasteiger partial charge in [-0.3, -0.25) is 4.90 Å². The lowest BCUT2D eigenvalue weighted by Crippen LogP contribution is -2.24. The smallest absolute Gasteiger partial charge is 0.116 e. The predicted octanol–water partition coefficient (Wildman–Crippen LogP) is 1.43. The molecule has 0 unspecified atom stereocenters. The Balaban J connectivity index is 1.72. The van der Waals surface area contributed by atoms with E-state index in [4.69, 9.17) is 0 Å². The molecule has 0 spiro atoms. The number of aliphatic hydroxyl groups is 1. The summed E-state index contributed by atoms with van der Waals surface area (Å²) < 4.78 is 0. The summed E-state index contributed by atoms with van der Waals surface area (Å²) in [6.45, 7) is 6.88. The van der Waals surface area contributed by atoms with E-state index in [9.17, 15) is 5.11 Å². The molecule has 1 aromatic rings. The molecule has 1 aliphatic carbocycles. The highest BCUT2D eigenvalue weighted by Gasteiger charge is 2.31. The lowest BCUT2D eigenvalue weighted by molar-refractivity contribution is 0.141. The van der Waals surface area contributed by atoms with Crippen LogP contribution in [0.25, 0.3) is 5.57 Å². The number of aryl methyl sites for hydroxylation is 1. The molecule has 19 heavy (non-hydrogen) atoms. The maximum atomic E-state index is 9.99. The molecule has 2 atom stereocenters. The van der Waals surface area contributed by atoms with Gasteiger partial charge in [-0.25, -0.2) is 9.97 Å². The van der Waals surface area contributed by atoms with Crippen LogP contribution in [0.2, 0.25) is 0 Å². The summed E-state index contributed by atoms with van der Waals surface area (Å²) in [5.41, 5.74) is 4.76. The zero-order valence-electron chi connectivity index (χ0n) is 11.6. The summed E-state index contributed by atoms with van der Waals surface area (Å²) in [6, 6.07) is 0. The molecule has 4 heteroatoms. The van der Waals surface area contributed by atoms with Crippen molar-refractivity contribution in [3.8, 4) is 0 Å². The fourth-order valence-electron chi connectivity index (χ4n) is 3.20. The molecule has 4 nitrogen and oxygen atoms in total. The largest absolute Gasteiger partial charge is 0.391 e. The van der Waals surface area contributed by atoms with Crippen molar-refractivity contribution in [3.63, 3.8) is 0 Å². The summed E-state index contributed by atoms with van der Waals surface area (Å²) in [5.74, 6) is 0.425. The minimum Gasteiger partial charge on any atom is -0.391 e. The monoisotopic (exact) mass is 259 g/mol. The molecule has 3 rings (SSSR count). The molecule has 0 radical (unpaired) electrons. The minimum absolute atomic E-state index is 0.168. The second kappa shape index (κ2) is 5.02. The molecule has 1 aliphatic heterocycles. The standard InChI is InChI=1S/C15H21N3O/c1-3-11-6-18(8-14(11)19)7-12-4-5-13-10(2)16-9-17-15(12)13/h4,9,11,14,19H,3,5-8H2,1-2H3/t11-,14-/m0/s1. The quantitative estimate of drug-likeness (QED) is 0.892. The van der Waals surface area contributed by atoms with Crippen LogP contribution in [0.3, 0.4) is 0 Å². The molecule has 102 valence electrons. The maximum absolute atomic E-state index is 9.99. The van der Waals surface area contributed by atoms with Crippen LogP contribution in [0.5, 0.6) is 0 Å². The number of β-amino-alcohol motifs (C(OH)–C–C–N with tert-alkyl or cyclic N) is 1. The Morgan fingerprint density at radius 2 is 2.21 bits per heavy atom. The van der Waals surface area contributed by atoms with Crippen molar-refractivity contribution in [1.82, 2.24) is 14.9 Å². The van der Waals surface area contributed by atoms with E-state index in [0.29, 0.717) is 5.92 Å². The van der Waals surface area contributed by atoms with Gasteiger partial charge in [-0.05, 0) is 31.3 Å². The number of nitrogens with zero attached hydrogens (tertiary/aromatic N) is 3. The number of fused-ring (bicyclic) bond motifs is 1. The van der Waals surface area contributed by atoms with Crippen molar-refractivity contribution >= 4 is 5.57 Å². The minimum atomic E-state index is -0.168. The van der Waals surface area contributed by atoms with Crippen molar-refractivity contribution in [2.75, 3.05) is 19.6 Å². The van der Waals surface area contributed by atoms with Crippen molar-refractivity contribution in [2.45, 2.75) is 32.8 Å². The fourth-order valence-corrected chi connectivity index (χ4v) is 3.20. The van der Waals surface area contributed by atoms with Crippen LogP contribution >= 0.6 is 0 Å². The van der Waals surface area contributed by atoms with E-state index in [-0.39, 0.29) is 6.10 Å². The second-order valence-corrected chi connectivity index (χ2v) is 5.65. The number of hydrogen-bond acceptors (Lipinski definition) is 4. The Kier molecular flexibility index (Phi) is 3.37. The Hall–Kier alpha value is -1.26. The van der Waals surface area contributed by atoms with E-state index in [1.807, 2.05) is 6.92 Å². The lowest BCUT2D eigenvalue weighted by Gasteiger charge is -2.16. The highest BCUT2D eigenvalue weighted by molar-refractivity contribution is 5.71. The first-order valence-electron chi connectivity index (χ1n) is 7.09. The van der Waals surface area contributed by atoms with Gasteiger partial charge in [0.1, 0.15) is 6.33 Å². The molecular weight excluding hydrogens is 238 g/mol. The Morgan fingerprint density at radius 3 is 2.95 bits per heavy atom. The van der Waals surface area contributed by atoms with Gasteiger partial charge in [-0.1, -0.05) is 13.0 Å². The Labute approximate surface area is 114 Å².